The summed E-state index contributed by atoms with van der Waals surface area (Å²) in [5.41, 5.74) is 1.28. The van der Waals surface area contributed by atoms with E-state index in [1.54, 1.807) is 0 Å². The number of ether oxygens (including phenoxy) is 1. The Morgan fingerprint density at radius 3 is 2.47 bits per heavy atom. The van der Waals surface area contributed by atoms with Gasteiger partial charge in [-0.3, -0.25) is 10.1 Å². The van der Waals surface area contributed by atoms with Crippen LogP contribution in [0.3, 0.4) is 0 Å². The average molecular weight is 497 g/mol. The van der Waals surface area contributed by atoms with Crippen molar-refractivity contribution in [1.82, 2.24) is 5.32 Å². The Balaban J connectivity index is 1.38. The normalized spacial score (nSPS) is 10.4. The topological polar surface area (TPSA) is 50.4 Å². The Labute approximate surface area is 204 Å². The third-order valence-electron chi connectivity index (χ3n) is 4.21. The smallest absolute Gasteiger partial charge is 0.259 e. The second kappa shape index (κ2) is 10.7. The lowest BCUT2D eigenvalue weighted by molar-refractivity contribution is 0.0975. The minimum absolute atomic E-state index is 0.209. The van der Waals surface area contributed by atoms with Crippen LogP contribution in [-0.2, 0) is 0 Å². The number of carbonyl (C=O) groups is 1. The molecule has 2 N–H and O–H groups in total. The molecule has 4 nitrogen and oxygen atoms in total. The van der Waals surface area contributed by atoms with Gasteiger partial charge in [-0.05, 0) is 60.7 Å². The maximum atomic E-state index is 12.8. The molecule has 4 aromatic rings. The molecule has 160 valence electrons. The number of hydrogen-bond donors (Lipinski definition) is 2. The van der Waals surface area contributed by atoms with Gasteiger partial charge in [0, 0.05) is 37.3 Å². The van der Waals surface area contributed by atoms with Crippen LogP contribution in [0, 0.1) is 0 Å². The molecule has 0 aliphatic rings. The minimum Gasteiger partial charge on any atom is -0.457 e. The molecule has 0 spiro atoms. The van der Waals surface area contributed by atoms with E-state index in [0.717, 1.165) is 15.5 Å². The van der Waals surface area contributed by atoms with Crippen LogP contribution in [0.2, 0.25) is 5.02 Å². The zero-order valence-corrected chi connectivity index (χ0v) is 19.8. The minimum atomic E-state index is -0.267. The molecule has 32 heavy (non-hydrogen) atoms. The lowest BCUT2D eigenvalue weighted by Crippen LogP contribution is -2.34. The van der Waals surface area contributed by atoms with Crippen molar-refractivity contribution < 1.29 is 9.53 Å². The molecule has 0 aliphatic heterocycles. The van der Waals surface area contributed by atoms with Gasteiger partial charge in [0.05, 0.1) is 5.56 Å². The van der Waals surface area contributed by atoms with Crippen LogP contribution in [0.1, 0.15) is 10.4 Å². The van der Waals surface area contributed by atoms with Crippen LogP contribution in [0.25, 0.3) is 0 Å². The second-order valence-corrected chi connectivity index (χ2v) is 9.26. The Kier molecular flexibility index (Phi) is 7.44. The molecule has 1 amide bonds. The first-order valence-corrected chi connectivity index (χ1v) is 12.1. The fraction of sp³-hybridized carbons (Fsp3) is 0. The van der Waals surface area contributed by atoms with Gasteiger partial charge in [0.15, 0.2) is 5.11 Å². The molecule has 4 rings (SSSR count). The summed E-state index contributed by atoms with van der Waals surface area (Å²) in [7, 11) is 0. The molecule has 0 unspecified atom stereocenters. The number of hydrogen-bond acceptors (Lipinski definition) is 5. The fourth-order valence-corrected chi connectivity index (χ4v) is 5.00. The first-order valence-electron chi connectivity index (χ1n) is 9.52. The van der Waals surface area contributed by atoms with E-state index in [1.165, 1.54) is 23.1 Å². The second-order valence-electron chi connectivity index (χ2n) is 6.56. The van der Waals surface area contributed by atoms with Crippen LogP contribution in [0.5, 0.6) is 11.5 Å². The SMILES string of the molecule is O=C(NC(=S)Nc1cccc(Oc2ccccc2)c1)c1cscc1Sc1ccc(Cl)cc1. The number of amides is 1. The first-order chi connectivity index (χ1) is 15.6. The maximum absolute atomic E-state index is 12.8. The van der Waals surface area contributed by atoms with Crippen molar-refractivity contribution in [2.75, 3.05) is 5.32 Å². The average Bonchev–Trinajstić information content (AvgIpc) is 3.24. The summed E-state index contributed by atoms with van der Waals surface area (Å²) in [6.07, 6.45) is 0. The lowest BCUT2D eigenvalue weighted by atomic mass is 10.3. The van der Waals surface area contributed by atoms with Crippen LogP contribution < -0.4 is 15.4 Å². The van der Waals surface area contributed by atoms with Gasteiger partial charge >= 0.3 is 0 Å². The number of thiophene rings is 1. The Hall–Kier alpha value is -2.84. The molecule has 0 aliphatic carbocycles. The highest BCUT2D eigenvalue weighted by atomic mass is 35.5. The number of halogens is 1. The number of nitrogens with one attached hydrogen (secondary N) is 2. The molecule has 0 radical (unpaired) electrons. The van der Waals surface area contributed by atoms with Crippen LogP contribution in [0.15, 0.2) is 99.4 Å². The molecule has 0 atom stereocenters. The standard InChI is InChI=1S/C24H17ClN2O2S3/c25-16-9-11-20(12-10-16)32-22-15-31-14-21(22)23(28)27-24(30)26-17-5-4-8-19(13-17)29-18-6-2-1-3-7-18/h1-15H,(H2,26,27,28,30). The van der Waals surface area contributed by atoms with E-state index in [0.29, 0.717) is 22.0 Å². The predicted octanol–water partition coefficient (Wildman–Crippen LogP) is 7.47. The van der Waals surface area contributed by atoms with Crippen molar-refractivity contribution in [2.24, 2.45) is 0 Å². The summed E-state index contributed by atoms with van der Waals surface area (Å²) < 4.78 is 5.84. The Morgan fingerprint density at radius 2 is 1.69 bits per heavy atom. The lowest BCUT2D eigenvalue weighted by Gasteiger charge is -2.12. The van der Waals surface area contributed by atoms with E-state index in [9.17, 15) is 4.79 Å². The van der Waals surface area contributed by atoms with Gasteiger partial charge in [0.2, 0.25) is 0 Å². The van der Waals surface area contributed by atoms with Gasteiger partial charge in [-0.1, -0.05) is 47.6 Å². The van der Waals surface area contributed by atoms with Crippen LogP contribution in [-0.4, -0.2) is 11.0 Å². The Morgan fingerprint density at radius 1 is 0.938 bits per heavy atom. The van der Waals surface area contributed by atoms with Crippen molar-refractivity contribution in [3.63, 3.8) is 0 Å². The van der Waals surface area contributed by atoms with Crippen molar-refractivity contribution in [2.45, 2.75) is 9.79 Å². The van der Waals surface area contributed by atoms with Gasteiger partial charge in [0.25, 0.3) is 5.91 Å². The van der Waals surface area contributed by atoms with E-state index < -0.39 is 0 Å². The first kappa shape index (κ1) is 22.4. The number of thiocarbonyl (C=S) groups is 1. The molecule has 1 heterocycles. The van der Waals surface area contributed by atoms with Crippen molar-refractivity contribution in [3.05, 3.63) is 100 Å². The summed E-state index contributed by atoms with van der Waals surface area (Å²) >= 11 is 14.3. The summed E-state index contributed by atoms with van der Waals surface area (Å²) in [5, 5.41) is 10.4. The highest BCUT2D eigenvalue weighted by molar-refractivity contribution is 7.99. The summed E-state index contributed by atoms with van der Waals surface area (Å²) in [5.74, 6) is 1.13. The Bertz CT molecular complexity index is 1230. The molecule has 8 heteroatoms. The van der Waals surface area contributed by atoms with E-state index in [4.69, 9.17) is 28.6 Å². The number of para-hydroxylation sites is 1. The summed E-state index contributed by atoms with van der Waals surface area (Å²) in [6, 6.07) is 24.4. The maximum Gasteiger partial charge on any atom is 0.259 e. The van der Waals surface area contributed by atoms with E-state index >= 15 is 0 Å². The third-order valence-corrected chi connectivity index (χ3v) is 6.62. The number of carbonyl (C=O) groups excluding carboxylic acids is 1. The molecule has 0 bridgehead atoms. The van der Waals surface area contributed by atoms with E-state index in [1.807, 2.05) is 89.6 Å². The van der Waals surface area contributed by atoms with Crippen molar-refractivity contribution >= 4 is 63.6 Å². The zero-order chi connectivity index (χ0) is 22.3. The number of anilines is 1. The monoisotopic (exact) mass is 496 g/mol. The summed E-state index contributed by atoms with van der Waals surface area (Å²) in [6.45, 7) is 0. The van der Waals surface area contributed by atoms with Gasteiger partial charge in [-0.25, -0.2) is 0 Å². The van der Waals surface area contributed by atoms with Crippen LogP contribution >= 0.6 is 46.9 Å². The third kappa shape index (κ3) is 6.11. The van der Waals surface area contributed by atoms with Gasteiger partial charge < -0.3 is 10.1 Å². The molecule has 0 saturated heterocycles. The van der Waals surface area contributed by atoms with E-state index in [-0.39, 0.29) is 11.0 Å². The highest BCUT2D eigenvalue weighted by Crippen LogP contribution is 2.33. The molecule has 3 aromatic carbocycles. The molecular formula is C24H17ClN2O2S3. The molecular weight excluding hydrogens is 480 g/mol. The largest absolute Gasteiger partial charge is 0.457 e. The highest BCUT2D eigenvalue weighted by Gasteiger charge is 2.15. The predicted molar refractivity (Wildman–Crippen MR) is 137 cm³/mol. The number of benzene rings is 3. The van der Waals surface area contributed by atoms with Crippen molar-refractivity contribution in [1.29, 1.82) is 0 Å². The summed E-state index contributed by atoms with van der Waals surface area (Å²) in [4.78, 5) is 14.6. The van der Waals surface area contributed by atoms with Crippen molar-refractivity contribution in [3.8, 4) is 11.5 Å². The van der Waals surface area contributed by atoms with Gasteiger partial charge in [0.1, 0.15) is 11.5 Å². The quantitative estimate of drug-likeness (QED) is 0.271. The zero-order valence-electron chi connectivity index (χ0n) is 16.6. The fourth-order valence-electron chi connectivity index (χ4n) is 2.75. The number of rotatable bonds is 6. The van der Waals surface area contributed by atoms with Gasteiger partial charge in [-0.2, -0.15) is 11.3 Å². The molecule has 1 aromatic heterocycles. The van der Waals surface area contributed by atoms with Crippen LogP contribution in [0.4, 0.5) is 5.69 Å². The van der Waals surface area contributed by atoms with E-state index in [2.05, 4.69) is 10.6 Å². The molecule has 0 saturated carbocycles. The molecule has 0 fully saturated rings. The van der Waals surface area contributed by atoms with Gasteiger partial charge in [-0.15, -0.1) is 0 Å².